The molecular formula is C26H22Cl6N4O2. The number of methoxy groups -OCH3 is 2. The minimum atomic E-state index is 0.174. The summed E-state index contributed by atoms with van der Waals surface area (Å²) >= 11 is 36.8. The van der Waals surface area contributed by atoms with Crippen LogP contribution in [0.2, 0.25) is 30.1 Å². The van der Waals surface area contributed by atoms with E-state index in [2.05, 4.69) is 0 Å². The summed E-state index contributed by atoms with van der Waals surface area (Å²) in [4.78, 5) is 0. The molecule has 0 radical (unpaired) electrons. The van der Waals surface area contributed by atoms with Gasteiger partial charge in [-0.1, -0.05) is 81.7 Å². The van der Waals surface area contributed by atoms with E-state index in [1.165, 1.54) is 14.2 Å². The Bertz CT molecular complexity index is 1410. The summed E-state index contributed by atoms with van der Waals surface area (Å²) in [7, 11) is 3.07. The van der Waals surface area contributed by atoms with Crippen LogP contribution in [0.15, 0.2) is 48.5 Å². The van der Waals surface area contributed by atoms with E-state index in [0.29, 0.717) is 55.3 Å². The highest BCUT2D eigenvalue weighted by Gasteiger charge is 2.19. The van der Waals surface area contributed by atoms with Crippen molar-refractivity contribution >= 4 is 92.4 Å². The van der Waals surface area contributed by atoms with Crippen LogP contribution in [0, 0.1) is 0 Å². The first-order valence-electron chi connectivity index (χ1n) is 10.6. The highest BCUT2D eigenvalue weighted by molar-refractivity contribution is 6.52. The van der Waals surface area contributed by atoms with Gasteiger partial charge in [0.1, 0.15) is 11.5 Å². The summed E-state index contributed by atoms with van der Waals surface area (Å²) in [6, 6.07) is 13.7. The average molecular weight is 635 g/mol. The molecule has 0 spiro atoms. The standard InChI is InChI=1S/C14H14Cl2N2O2.C12H8Cl4N2/c1-19-13-3-7(9(15)5-11(13)17)8-4-14(20-2)12(18)6-10(8)16;13-8-7(5-1-3-6(17)4-2-5)9(14)11(16)12(18)10(8)15/h3-6H,17-18H2,1-2H3;1-4H,17-18H2. The van der Waals surface area contributed by atoms with Crippen LogP contribution in [-0.4, -0.2) is 14.2 Å². The van der Waals surface area contributed by atoms with Gasteiger partial charge < -0.3 is 32.4 Å². The third-order valence-electron chi connectivity index (χ3n) is 5.43. The lowest BCUT2D eigenvalue weighted by Gasteiger charge is -2.13. The molecule has 8 N–H and O–H groups in total. The van der Waals surface area contributed by atoms with Crippen molar-refractivity contribution in [3.8, 4) is 33.8 Å². The zero-order valence-corrected chi connectivity index (χ0v) is 24.5. The van der Waals surface area contributed by atoms with E-state index in [4.69, 9.17) is 102 Å². The van der Waals surface area contributed by atoms with Crippen molar-refractivity contribution in [2.24, 2.45) is 0 Å². The molecule has 12 heteroatoms. The predicted octanol–water partition coefficient (Wildman–Crippen LogP) is 8.97. The van der Waals surface area contributed by atoms with Crippen LogP contribution < -0.4 is 32.4 Å². The third-order valence-corrected chi connectivity index (χ3v) is 7.79. The molecule has 200 valence electrons. The summed E-state index contributed by atoms with van der Waals surface area (Å²) in [6.45, 7) is 0. The highest BCUT2D eigenvalue weighted by atomic mass is 35.5. The molecule has 0 fully saturated rings. The molecule has 4 aromatic carbocycles. The molecule has 0 aliphatic heterocycles. The van der Waals surface area contributed by atoms with Gasteiger partial charge in [0.25, 0.3) is 0 Å². The average Bonchev–Trinajstić information content (AvgIpc) is 2.88. The predicted molar refractivity (Wildman–Crippen MR) is 165 cm³/mol. The van der Waals surface area contributed by atoms with Gasteiger partial charge in [-0.25, -0.2) is 0 Å². The number of halogens is 6. The summed E-state index contributed by atoms with van der Waals surface area (Å²) in [5, 5.41) is 1.87. The molecule has 0 unspecified atom stereocenters. The lowest BCUT2D eigenvalue weighted by Crippen LogP contribution is -1.96. The Hall–Kier alpha value is -2.58. The maximum absolute atomic E-state index is 6.23. The van der Waals surface area contributed by atoms with Crippen molar-refractivity contribution in [3.05, 3.63) is 78.7 Å². The number of nitrogens with two attached hydrogens (primary N) is 4. The number of hydrogen-bond donors (Lipinski definition) is 4. The van der Waals surface area contributed by atoms with Gasteiger partial charge in [-0.2, -0.15) is 0 Å². The van der Waals surface area contributed by atoms with Gasteiger partial charge in [-0.15, -0.1) is 0 Å². The Kier molecular flexibility index (Phi) is 9.87. The van der Waals surface area contributed by atoms with E-state index in [1.54, 1.807) is 48.5 Å². The van der Waals surface area contributed by atoms with Gasteiger partial charge in [0.05, 0.1) is 61.4 Å². The van der Waals surface area contributed by atoms with E-state index in [0.717, 1.165) is 5.56 Å². The molecule has 0 aromatic heterocycles. The second-order valence-electron chi connectivity index (χ2n) is 7.81. The van der Waals surface area contributed by atoms with E-state index >= 15 is 0 Å². The van der Waals surface area contributed by atoms with E-state index in [9.17, 15) is 0 Å². The second-order valence-corrected chi connectivity index (χ2v) is 10.1. The summed E-state index contributed by atoms with van der Waals surface area (Å²) in [5.41, 5.74) is 27.4. The zero-order chi connectivity index (χ0) is 28.3. The smallest absolute Gasteiger partial charge is 0.142 e. The number of hydrogen-bond acceptors (Lipinski definition) is 6. The number of nitrogen functional groups attached to an aromatic ring is 4. The van der Waals surface area contributed by atoms with Crippen LogP contribution in [0.3, 0.4) is 0 Å². The lowest BCUT2D eigenvalue weighted by atomic mass is 10.0. The first kappa shape index (κ1) is 30.0. The second kappa shape index (κ2) is 12.5. The van der Waals surface area contributed by atoms with Gasteiger partial charge in [0.2, 0.25) is 0 Å². The molecule has 4 rings (SSSR count). The molecule has 38 heavy (non-hydrogen) atoms. The molecule has 0 aliphatic rings. The Morgan fingerprint density at radius 2 is 0.947 bits per heavy atom. The van der Waals surface area contributed by atoms with Gasteiger partial charge in [0.15, 0.2) is 0 Å². The Balaban J connectivity index is 0.000000212. The van der Waals surface area contributed by atoms with Gasteiger partial charge in [-0.05, 0) is 42.0 Å². The van der Waals surface area contributed by atoms with Crippen molar-refractivity contribution in [1.82, 2.24) is 0 Å². The summed E-state index contributed by atoms with van der Waals surface area (Å²) < 4.78 is 10.4. The maximum Gasteiger partial charge on any atom is 0.142 e. The summed E-state index contributed by atoms with van der Waals surface area (Å²) in [5.74, 6) is 1.05. The fourth-order valence-electron chi connectivity index (χ4n) is 3.46. The van der Waals surface area contributed by atoms with Crippen molar-refractivity contribution < 1.29 is 9.47 Å². The van der Waals surface area contributed by atoms with E-state index in [-0.39, 0.29) is 25.8 Å². The van der Waals surface area contributed by atoms with Crippen LogP contribution >= 0.6 is 69.6 Å². The number of rotatable bonds is 4. The third kappa shape index (κ3) is 6.18. The Morgan fingerprint density at radius 1 is 0.553 bits per heavy atom. The first-order valence-corrected chi connectivity index (χ1v) is 12.9. The molecule has 0 saturated carbocycles. The largest absolute Gasteiger partial charge is 0.495 e. The van der Waals surface area contributed by atoms with Crippen LogP contribution in [0.4, 0.5) is 22.7 Å². The minimum absolute atomic E-state index is 0.174. The normalized spacial score (nSPS) is 10.5. The molecule has 0 amide bonds. The van der Waals surface area contributed by atoms with Crippen molar-refractivity contribution in [2.45, 2.75) is 0 Å². The molecule has 0 atom stereocenters. The molecular weight excluding hydrogens is 613 g/mol. The van der Waals surface area contributed by atoms with Crippen molar-refractivity contribution in [2.75, 3.05) is 37.2 Å². The molecule has 0 heterocycles. The first-order chi connectivity index (χ1) is 17.9. The Morgan fingerprint density at radius 3 is 1.32 bits per heavy atom. The molecule has 0 aliphatic carbocycles. The monoisotopic (exact) mass is 632 g/mol. The number of ether oxygens (including phenoxy) is 2. The summed E-state index contributed by atoms with van der Waals surface area (Å²) in [6.07, 6.45) is 0. The van der Waals surface area contributed by atoms with Crippen LogP contribution in [0.25, 0.3) is 22.3 Å². The zero-order valence-electron chi connectivity index (χ0n) is 20.0. The SMILES string of the molecule is COc1cc(-c2cc(OC)c(N)cc2Cl)c(Cl)cc1N.Nc1ccc(-c2c(Cl)c(Cl)c(N)c(Cl)c2Cl)cc1. The highest BCUT2D eigenvalue weighted by Crippen LogP contribution is 2.47. The number of benzene rings is 4. The number of anilines is 4. The lowest BCUT2D eigenvalue weighted by molar-refractivity contribution is 0.416. The molecule has 0 saturated heterocycles. The maximum atomic E-state index is 6.23. The van der Waals surface area contributed by atoms with Gasteiger partial charge in [-0.3, -0.25) is 0 Å². The van der Waals surface area contributed by atoms with Gasteiger partial charge >= 0.3 is 0 Å². The van der Waals surface area contributed by atoms with E-state index in [1.807, 2.05) is 0 Å². The quantitative estimate of drug-likeness (QED) is 0.131. The van der Waals surface area contributed by atoms with Crippen molar-refractivity contribution in [1.29, 1.82) is 0 Å². The Labute approximate surface area is 250 Å². The molecule has 0 bridgehead atoms. The molecule has 4 aromatic rings. The van der Waals surface area contributed by atoms with Crippen molar-refractivity contribution in [3.63, 3.8) is 0 Å². The fraction of sp³-hybridized carbons (Fsp3) is 0.0769. The van der Waals surface area contributed by atoms with Crippen LogP contribution in [-0.2, 0) is 0 Å². The topological polar surface area (TPSA) is 123 Å². The fourth-order valence-corrected chi connectivity index (χ4v) is 5.09. The molecule has 6 nitrogen and oxygen atoms in total. The van der Waals surface area contributed by atoms with Crippen LogP contribution in [0.1, 0.15) is 0 Å². The van der Waals surface area contributed by atoms with E-state index < -0.39 is 0 Å². The van der Waals surface area contributed by atoms with Gasteiger partial charge in [0, 0.05) is 22.4 Å². The van der Waals surface area contributed by atoms with Crippen LogP contribution in [0.5, 0.6) is 11.5 Å². The minimum Gasteiger partial charge on any atom is -0.495 e.